The summed E-state index contributed by atoms with van der Waals surface area (Å²) < 4.78 is 5.05. The van der Waals surface area contributed by atoms with Crippen molar-refractivity contribution in [2.75, 3.05) is 6.54 Å². The maximum absolute atomic E-state index is 11.6. The van der Waals surface area contributed by atoms with Crippen LogP contribution in [0.3, 0.4) is 0 Å². The van der Waals surface area contributed by atoms with E-state index in [0.717, 1.165) is 0 Å². The van der Waals surface area contributed by atoms with Crippen LogP contribution in [-0.2, 0) is 14.3 Å². The number of carbonyl (C=O) groups is 3. The van der Waals surface area contributed by atoms with E-state index in [-0.39, 0.29) is 18.2 Å². The molecule has 1 aliphatic heterocycles. The van der Waals surface area contributed by atoms with Gasteiger partial charge in [-0.25, -0.2) is 4.79 Å². The molecule has 7 heteroatoms. The molecule has 1 fully saturated rings. The normalized spacial score (nSPS) is 20.6. The molecule has 1 heterocycles. The average molecular weight is 271 g/mol. The summed E-state index contributed by atoms with van der Waals surface area (Å²) in [7, 11) is 0. The van der Waals surface area contributed by atoms with Crippen molar-refractivity contribution in [1.29, 1.82) is 0 Å². The molecule has 0 saturated carbocycles. The van der Waals surface area contributed by atoms with Crippen molar-refractivity contribution >= 4 is 17.9 Å². The highest BCUT2D eigenvalue weighted by molar-refractivity contribution is 5.86. The molecule has 1 rings (SSSR count). The molecule has 2 atom stereocenters. The Kier molecular flexibility index (Phi) is 4.74. The molecule has 0 aromatic carbocycles. The van der Waals surface area contributed by atoms with Crippen LogP contribution in [-0.4, -0.2) is 36.1 Å². The zero-order valence-corrected chi connectivity index (χ0v) is 11.5. The number of hydrogen-bond donors (Lipinski definition) is 3. The van der Waals surface area contributed by atoms with E-state index in [2.05, 4.69) is 10.6 Å². The van der Waals surface area contributed by atoms with Gasteiger partial charge in [0, 0.05) is 12.5 Å². The van der Waals surface area contributed by atoms with Crippen molar-refractivity contribution in [2.45, 2.75) is 45.3 Å². The standard InChI is InChI=1S/C12H21N3O4/c1-12(2,3)19-11(18)15-8(9(13)16)6-7-4-5-14-10(7)17/h7-8H,4-6H2,1-3H3,(H2,13,16)(H,14,17)(H,15,18)/t7-,8-/m0/s1. The molecule has 108 valence electrons. The smallest absolute Gasteiger partial charge is 0.408 e. The van der Waals surface area contributed by atoms with Gasteiger partial charge in [-0.3, -0.25) is 9.59 Å². The topological polar surface area (TPSA) is 111 Å². The Morgan fingerprint density at radius 2 is 2.16 bits per heavy atom. The fourth-order valence-electron chi connectivity index (χ4n) is 1.85. The van der Waals surface area contributed by atoms with Crippen LogP contribution in [0.4, 0.5) is 4.79 Å². The summed E-state index contributed by atoms with van der Waals surface area (Å²) in [4.78, 5) is 34.3. The van der Waals surface area contributed by atoms with E-state index in [1.807, 2.05) is 0 Å². The number of ether oxygens (including phenoxy) is 1. The van der Waals surface area contributed by atoms with Gasteiger partial charge in [0.25, 0.3) is 0 Å². The van der Waals surface area contributed by atoms with Gasteiger partial charge in [0.1, 0.15) is 11.6 Å². The van der Waals surface area contributed by atoms with Crippen LogP contribution in [0.2, 0.25) is 0 Å². The lowest BCUT2D eigenvalue weighted by Gasteiger charge is -2.23. The van der Waals surface area contributed by atoms with Gasteiger partial charge in [-0.1, -0.05) is 0 Å². The quantitative estimate of drug-likeness (QED) is 0.662. The zero-order chi connectivity index (χ0) is 14.6. The number of nitrogens with two attached hydrogens (primary N) is 1. The van der Waals surface area contributed by atoms with Crippen molar-refractivity contribution in [1.82, 2.24) is 10.6 Å². The lowest BCUT2D eigenvalue weighted by molar-refractivity contribution is -0.124. The average Bonchev–Trinajstić information content (AvgIpc) is 2.60. The molecule has 1 aliphatic rings. The molecule has 0 spiro atoms. The molecule has 0 aliphatic carbocycles. The van der Waals surface area contributed by atoms with Gasteiger partial charge in [0.15, 0.2) is 0 Å². The van der Waals surface area contributed by atoms with Gasteiger partial charge in [0.2, 0.25) is 11.8 Å². The molecule has 19 heavy (non-hydrogen) atoms. The molecule has 0 radical (unpaired) electrons. The van der Waals surface area contributed by atoms with E-state index in [1.54, 1.807) is 20.8 Å². The summed E-state index contributed by atoms with van der Waals surface area (Å²) in [5.41, 5.74) is 4.58. The molecule has 1 saturated heterocycles. The van der Waals surface area contributed by atoms with Crippen molar-refractivity contribution in [3.05, 3.63) is 0 Å². The van der Waals surface area contributed by atoms with Gasteiger partial charge >= 0.3 is 6.09 Å². The number of hydrogen-bond acceptors (Lipinski definition) is 4. The first-order chi connectivity index (χ1) is 8.69. The van der Waals surface area contributed by atoms with Gasteiger partial charge in [-0.2, -0.15) is 0 Å². The number of primary amides is 1. The largest absolute Gasteiger partial charge is 0.444 e. The van der Waals surface area contributed by atoms with Crippen molar-refractivity contribution in [3.8, 4) is 0 Å². The second-order valence-electron chi connectivity index (χ2n) is 5.61. The molecule has 0 unspecified atom stereocenters. The highest BCUT2D eigenvalue weighted by Crippen LogP contribution is 2.16. The predicted molar refractivity (Wildman–Crippen MR) is 68.1 cm³/mol. The first-order valence-corrected chi connectivity index (χ1v) is 6.25. The van der Waals surface area contributed by atoms with Crippen LogP contribution >= 0.6 is 0 Å². The molecule has 0 bridgehead atoms. The Morgan fingerprint density at radius 3 is 2.58 bits per heavy atom. The van der Waals surface area contributed by atoms with Gasteiger partial charge in [-0.05, 0) is 33.6 Å². The second kappa shape index (κ2) is 5.90. The molecule has 0 aromatic heterocycles. The van der Waals surface area contributed by atoms with Crippen LogP contribution in [0, 0.1) is 5.92 Å². The molecular weight excluding hydrogens is 250 g/mol. The Bertz CT molecular complexity index is 376. The van der Waals surface area contributed by atoms with Crippen LogP contribution in [0.25, 0.3) is 0 Å². The van der Waals surface area contributed by atoms with E-state index in [1.165, 1.54) is 0 Å². The zero-order valence-electron chi connectivity index (χ0n) is 11.5. The molecule has 3 amide bonds. The van der Waals surface area contributed by atoms with Crippen molar-refractivity contribution < 1.29 is 19.1 Å². The van der Waals surface area contributed by atoms with E-state index in [0.29, 0.717) is 13.0 Å². The van der Waals surface area contributed by atoms with Gasteiger partial charge in [0.05, 0.1) is 0 Å². The first kappa shape index (κ1) is 15.3. The molecule has 4 N–H and O–H groups in total. The lowest BCUT2D eigenvalue weighted by Crippen LogP contribution is -2.47. The van der Waals surface area contributed by atoms with Gasteiger partial charge < -0.3 is 21.1 Å². The minimum absolute atomic E-state index is 0.114. The summed E-state index contributed by atoms with van der Waals surface area (Å²) >= 11 is 0. The Labute approximate surface area is 112 Å². The van der Waals surface area contributed by atoms with Crippen LogP contribution in [0.15, 0.2) is 0 Å². The highest BCUT2D eigenvalue weighted by Gasteiger charge is 2.31. The number of nitrogens with one attached hydrogen (secondary N) is 2. The minimum atomic E-state index is -0.899. The Balaban J connectivity index is 2.56. The monoisotopic (exact) mass is 271 g/mol. The lowest BCUT2D eigenvalue weighted by atomic mass is 9.98. The summed E-state index contributed by atoms with van der Waals surface area (Å²) in [5.74, 6) is -1.09. The Hall–Kier alpha value is -1.79. The van der Waals surface area contributed by atoms with Crippen molar-refractivity contribution in [3.63, 3.8) is 0 Å². The number of alkyl carbamates (subject to hydrolysis) is 1. The third-order valence-corrected chi connectivity index (χ3v) is 2.72. The van der Waals surface area contributed by atoms with Crippen LogP contribution in [0.5, 0.6) is 0 Å². The Morgan fingerprint density at radius 1 is 1.53 bits per heavy atom. The number of rotatable bonds is 4. The fourth-order valence-corrected chi connectivity index (χ4v) is 1.85. The van der Waals surface area contributed by atoms with Gasteiger partial charge in [-0.15, -0.1) is 0 Å². The highest BCUT2D eigenvalue weighted by atomic mass is 16.6. The van der Waals surface area contributed by atoms with E-state index in [4.69, 9.17) is 10.5 Å². The van der Waals surface area contributed by atoms with E-state index < -0.39 is 23.6 Å². The van der Waals surface area contributed by atoms with E-state index >= 15 is 0 Å². The molecular formula is C12H21N3O4. The SMILES string of the molecule is CC(C)(C)OC(=O)N[C@@H](C[C@@H]1CCNC1=O)C(N)=O. The summed E-state index contributed by atoms with van der Waals surface area (Å²) in [6, 6.07) is -0.899. The summed E-state index contributed by atoms with van der Waals surface area (Å²) in [5, 5.41) is 5.08. The van der Waals surface area contributed by atoms with Crippen LogP contribution < -0.4 is 16.4 Å². The third kappa shape index (κ3) is 5.15. The minimum Gasteiger partial charge on any atom is -0.444 e. The third-order valence-electron chi connectivity index (χ3n) is 2.72. The van der Waals surface area contributed by atoms with E-state index in [9.17, 15) is 14.4 Å². The molecule has 0 aromatic rings. The maximum atomic E-state index is 11.6. The number of carbonyl (C=O) groups excluding carboxylic acids is 3. The predicted octanol–water partition coefficient (Wildman–Crippen LogP) is -0.109. The summed E-state index contributed by atoms with van der Waals surface area (Å²) in [6.45, 7) is 5.74. The number of amides is 3. The summed E-state index contributed by atoms with van der Waals surface area (Å²) in [6.07, 6.45) is 0.119. The van der Waals surface area contributed by atoms with Crippen LogP contribution in [0.1, 0.15) is 33.6 Å². The molecule has 7 nitrogen and oxygen atoms in total. The van der Waals surface area contributed by atoms with Crippen molar-refractivity contribution in [2.24, 2.45) is 11.7 Å². The second-order valence-corrected chi connectivity index (χ2v) is 5.61. The maximum Gasteiger partial charge on any atom is 0.408 e. The first-order valence-electron chi connectivity index (χ1n) is 6.25. The fraction of sp³-hybridized carbons (Fsp3) is 0.750.